The molecule has 8 heteroatoms. The second kappa shape index (κ2) is 11.8. The summed E-state index contributed by atoms with van der Waals surface area (Å²) in [7, 11) is 0. The van der Waals surface area contributed by atoms with E-state index in [0.717, 1.165) is 24.3 Å². The maximum atomic E-state index is 12.1. The van der Waals surface area contributed by atoms with Gasteiger partial charge >= 0.3 is 0 Å². The number of aryl methyl sites for hydroxylation is 1. The van der Waals surface area contributed by atoms with Crippen LogP contribution in [0.25, 0.3) is 0 Å². The quantitative estimate of drug-likeness (QED) is 0.314. The second-order valence-electron chi connectivity index (χ2n) is 8.59. The van der Waals surface area contributed by atoms with Crippen LogP contribution in [0.1, 0.15) is 38.8 Å². The molecule has 0 spiro atoms. The lowest BCUT2D eigenvalue weighted by Crippen LogP contribution is -2.32. The summed E-state index contributed by atoms with van der Waals surface area (Å²) in [5.74, 6) is 0.999. The molecule has 1 N–H and O–H groups in total. The number of hydrogen-bond acceptors (Lipinski definition) is 6. The Morgan fingerprint density at radius 1 is 1.16 bits per heavy atom. The van der Waals surface area contributed by atoms with Crippen molar-refractivity contribution in [2.45, 2.75) is 34.6 Å². The van der Waals surface area contributed by atoms with Gasteiger partial charge in [-0.1, -0.05) is 39.8 Å². The molecule has 0 radical (unpaired) electrons. The van der Waals surface area contributed by atoms with Gasteiger partial charge in [0.15, 0.2) is 6.61 Å². The number of ether oxygens (including phenoxy) is 1. The summed E-state index contributed by atoms with van der Waals surface area (Å²) in [5.41, 5.74) is 4.84. The molecule has 0 heterocycles. The number of non-ortho nitro benzene ring substituents is 1. The third kappa shape index (κ3) is 8.02. The van der Waals surface area contributed by atoms with Gasteiger partial charge in [-0.05, 0) is 42.5 Å². The highest BCUT2D eigenvalue weighted by molar-refractivity contribution is 5.90. The third-order valence-corrected chi connectivity index (χ3v) is 4.49. The summed E-state index contributed by atoms with van der Waals surface area (Å²) in [5, 5.41) is 15.3. The highest BCUT2D eigenvalue weighted by Crippen LogP contribution is 2.26. The first-order valence-corrected chi connectivity index (χ1v) is 10.7. The van der Waals surface area contributed by atoms with Crippen molar-refractivity contribution in [1.82, 2.24) is 5.43 Å². The van der Waals surface area contributed by atoms with Crippen LogP contribution in [0.4, 0.5) is 11.4 Å². The van der Waals surface area contributed by atoms with Crippen LogP contribution in [0, 0.1) is 28.9 Å². The van der Waals surface area contributed by atoms with Crippen molar-refractivity contribution < 1.29 is 14.5 Å². The first kappa shape index (κ1) is 24.8. The van der Waals surface area contributed by atoms with Crippen molar-refractivity contribution in [3.05, 3.63) is 63.7 Å². The van der Waals surface area contributed by atoms with Gasteiger partial charge < -0.3 is 9.64 Å². The van der Waals surface area contributed by atoms with E-state index in [1.54, 1.807) is 12.1 Å². The predicted molar refractivity (Wildman–Crippen MR) is 127 cm³/mol. The molecular weight excluding hydrogens is 408 g/mol. The van der Waals surface area contributed by atoms with E-state index in [1.807, 2.05) is 25.1 Å². The number of rotatable bonds is 11. The molecule has 0 bridgehead atoms. The molecule has 0 aromatic heterocycles. The van der Waals surface area contributed by atoms with Gasteiger partial charge in [-0.15, -0.1) is 0 Å². The fourth-order valence-electron chi connectivity index (χ4n) is 3.26. The maximum Gasteiger partial charge on any atom is 0.277 e. The van der Waals surface area contributed by atoms with Crippen molar-refractivity contribution >= 4 is 23.5 Å². The summed E-state index contributed by atoms with van der Waals surface area (Å²) < 4.78 is 5.47. The molecule has 0 aliphatic heterocycles. The molecule has 32 heavy (non-hydrogen) atoms. The number of hydrazone groups is 1. The zero-order chi connectivity index (χ0) is 23.7. The molecule has 0 atom stereocenters. The normalized spacial score (nSPS) is 11.2. The van der Waals surface area contributed by atoms with Crippen LogP contribution in [0.2, 0.25) is 0 Å². The molecule has 1 amide bonds. The van der Waals surface area contributed by atoms with Crippen molar-refractivity contribution in [1.29, 1.82) is 0 Å². The minimum absolute atomic E-state index is 0.0293. The van der Waals surface area contributed by atoms with Gasteiger partial charge in [0.25, 0.3) is 11.6 Å². The van der Waals surface area contributed by atoms with E-state index in [4.69, 9.17) is 4.74 Å². The van der Waals surface area contributed by atoms with Crippen LogP contribution in [-0.4, -0.2) is 36.7 Å². The van der Waals surface area contributed by atoms with Gasteiger partial charge in [0, 0.05) is 36.5 Å². The molecule has 8 nitrogen and oxygen atoms in total. The fourth-order valence-corrected chi connectivity index (χ4v) is 3.26. The average Bonchev–Trinajstić information content (AvgIpc) is 2.71. The fraction of sp³-hybridized carbons (Fsp3) is 0.417. The maximum absolute atomic E-state index is 12.1. The Kier molecular flexibility index (Phi) is 9.19. The molecule has 2 aromatic rings. The highest BCUT2D eigenvalue weighted by atomic mass is 16.6. The molecule has 2 rings (SSSR count). The zero-order valence-corrected chi connectivity index (χ0v) is 19.4. The van der Waals surface area contributed by atoms with Crippen LogP contribution in [0.5, 0.6) is 5.75 Å². The Balaban J connectivity index is 2.16. The van der Waals surface area contributed by atoms with Gasteiger partial charge in [0.05, 0.1) is 11.1 Å². The van der Waals surface area contributed by atoms with Gasteiger partial charge in [-0.2, -0.15) is 5.10 Å². The van der Waals surface area contributed by atoms with Gasteiger partial charge in [-0.3, -0.25) is 14.9 Å². The Hall–Kier alpha value is -3.42. The number of nitro groups is 1. The van der Waals surface area contributed by atoms with Crippen LogP contribution < -0.4 is 15.1 Å². The minimum atomic E-state index is -0.440. The standard InChI is InChI=1S/C24H32N4O4/c1-17(2)14-27(15-18(3)4)23-10-9-21(28(30)31)12-20(23)13-25-26-24(29)16-32-22-8-6-7-19(5)11-22/h6-13,17-18H,14-16H2,1-5H3,(H,26,29)/b25-13-. The van der Waals surface area contributed by atoms with E-state index in [2.05, 4.69) is 43.1 Å². The van der Waals surface area contributed by atoms with Crippen LogP contribution >= 0.6 is 0 Å². The van der Waals surface area contributed by atoms with E-state index < -0.39 is 10.8 Å². The Labute approximate surface area is 189 Å². The smallest absolute Gasteiger partial charge is 0.277 e. The second-order valence-corrected chi connectivity index (χ2v) is 8.59. The molecule has 0 unspecified atom stereocenters. The van der Waals surface area contributed by atoms with E-state index in [0.29, 0.717) is 23.1 Å². The molecule has 0 fully saturated rings. The SMILES string of the molecule is Cc1cccc(OCC(=O)N/N=C\c2cc([N+](=O)[O-])ccc2N(CC(C)C)CC(C)C)c1. The van der Waals surface area contributed by atoms with E-state index in [1.165, 1.54) is 18.3 Å². The number of nitrogens with zero attached hydrogens (tertiary/aromatic N) is 3. The van der Waals surface area contributed by atoms with E-state index in [-0.39, 0.29) is 12.3 Å². The molecule has 2 aromatic carbocycles. The topological polar surface area (TPSA) is 97.1 Å². The number of amides is 1. The Morgan fingerprint density at radius 2 is 1.84 bits per heavy atom. The number of anilines is 1. The average molecular weight is 441 g/mol. The monoisotopic (exact) mass is 440 g/mol. The van der Waals surface area contributed by atoms with E-state index in [9.17, 15) is 14.9 Å². The Morgan fingerprint density at radius 3 is 2.44 bits per heavy atom. The number of hydrogen-bond donors (Lipinski definition) is 1. The van der Waals surface area contributed by atoms with Gasteiger partial charge in [0.1, 0.15) is 5.75 Å². The van der Waals surface area contributed by atoms with E-state index >= 15 is 0 Å². The molecule has 0 saturated heterocycles. The first-order valence-electron chi connectivity index (χ1n) is 10.7. The number of carbonyl (C=O) groups excluding carboxylic acids is 1. The highest BCUT2D eigenvalue weighted by Gasteiger charge is 2.17. The van der Waals surface area contributed by atoms with Gasteiger partial charge in [-0.25, -0.2) is 5.43 Å². The molecule has 0 saturated carbocycles. The van der Waals surface area contributed by atoms with Crippen LogP contribution in [0.15, 0.2) is 47.6 Å². The van der Waals surface area contributed by atoms with Crippen molar-refractivity contribution in [3.8, 4) is 5.75 Å². The lowest BCUT2D eigenvalue weighted by molar-refractivity contribution is -0.384. The lowest BCUT2D eigenvalue weighted by Gasteiger charge is -2.29. The lowest BCUT2D eigenvalue weighted by atomic mass is 10.1. The molecule has 0 aliphatic carbocycles. The van der Waals surface area contributed by atoms with Crippen molar-refractivity contribution in [3.63, 3.8) is 0 Å². The number of carbonyl (C=O) groups is 1. The van der Waals surface area contributed by atoms with Crippen LogP contribution in [-0.2, 0) is 4.79 Å². The van der Waals surface area contributed by atoms with Crippen LogP contribution in [0.3, 0.4) is 0 Å². The van der Waals surface area contributed by atoms with Gasteiger partial charge in [0.2, 0.25) is 0 Å². The summed E-state index contributed by atoms with van der Waals surface area (Å²) >= 11 is 0. The number of benzene rings is 2. The molecule has 172 valence electrons. The first-order chi connectivity index (χ1) is 15.2. The summed E-state index contributed by atoms with van der Waals surface area (Å²) in [6.07, 6.45) is 1.44. The Bertz CT molecular complexity index is 947. The summed E-state index contributed by atoms with van der Waals surface area (Å²) in [6.45, 7) is 11.9. The third-order valence-electron chi connectivity index (χ3n) is 4.49. The minimum Gasteiger partial charge on any atom is -0.484 e. The predicted octanol–water partition coefficient (Wildman–Crippen LogP) is 4.55. The molecule has 0 aliphatic rings. The number of nitro benzene ring substituents is 1. The largest absolute Gasteiger partial charge is 0.484 e. The number of nitrogens with one attached hydrogen (secondary N) is 1. The molecular formula is C24H32N4O4. The van der Waals surface area contributed by atoms with Crippen molar-refractivity contribution in [2.75, 3.05) is 24.6 Å². The summed E-state index contributed by atoms with van der Waals surface area (Å²) in [4.78, 5) is 25.1. The van der Waals surface area contributed by atoms with Crippen molar-refractivity contribution in [2.24, 2.45) is 16.9 Å². The zero-order valence-electron chi connectivity index (χ0n) is 19.4. The summed E-state index contributed by atoms with van der Waals surface area (Å²) in [6, 6.07) is 12.1.